The Labute approximate surface area is 140 Å². The maximum atomic E-state index is 14.1. The van der Waals surface area contributed by atoms with Gasteiger partial charge >= 0.3 is 0 Å². The summed E-state index contributed by atoms with van der Waals surface area (Å²) in [7, 11) is 1.99. The van der Waals surface area contributed by atoms with Gasteiger partial charge in [-0.2, -0.15) is 0 Å². The third-order valence-electron chi connectivity index (χ3n) is 4.43. The van der Waals surface area contributed by atoms with Gasteiger partial charge in [-0.15, -0.1) is 11.3 Å². The lowest BCUT2D eigenvalue weighted by molar-refractivity contribution is -0.134. The molecule has 2 heterocycles. The van der Waals surface area contributed by atoms with E-state index in [-0.39, 0.29) is 17.8 Å². The van der Waals surface area contributed by atoms with E-state index in [1.165, 1.54) is 10.9 Å². The van der Waals surface area contributed by atoms with E-state index in [1.807, 2.05) is 35.5 Å². The lowest BCUT2D eigenvalue weighted by Crippen LogP contribution is -2.49. The van der Waals surface area contributed by atoms with E-state index in [0.29, 0.717) is 25.1 Å². The van der Waals surface area contributed by atoms with Crippen molar-refractivity contribution in [1.82, 2.24) is 9.80 Å². The van der Waals surface area contributed by atoms with Crippen LogP contribution in [0.15, 0.2) is 41.8 Å². The van der Waals surface area contributed by atoms with Crippen LogP contribution >= 0.6 is 11.3 Å². The highest BCUT2D eigenvalue weighted by Crippen LogP contribution is 2.26. The number of aryl methyl sites for hydroxylation is 1. The summed E-state index contributed by atoms with van der Waals surface area (Å²) >= 11 is 1.68. The molecule has 122 valence electrons. The van der Waals surface area contributed by atoms with Crippen molar-refractivity contribution in [2.75, 3.05) is 26.7 Å². The zero-order valence-corrected chi connectivity index (χ0v) is 14.1. The Morgan fingerprint density at radius 3 is 2.83 bits per heavy atom. The van der Waals surface area contributed by atoms with E-state index in [4.69, 9.17) is 0 Å². The van der Waals surface area contributed by atoms with E-state index in [1.54, 1.807) is 17.4 Å². The molecule has 3 nitrogen and oxygen atoms in total. The molecule has 1 atom stereocenters. The second-order valence-electron chi connectivity index (χ2n) is 5.94. The summed E-state index contributed by atoms with van der Waals surface area (Å²) in [6, 6.07) is 10.8. The lowest BCUT2D eigenvalue weighted by Gasteiger charge is -2.39. The van der Waals surface area contributed by atoms with Gasteiger partial charge in [0.15, 0.2) is 0 Å². The van der Waals surface area contributed by atoms with E-state index < -0.39 is 0 Å². The van der Waals surface area contributed by atoms with Gasteiger partial charge in [-0.3, -0.25) is 9.69 Å². The molecular weight excluding hydrogens is 311 g/mol. The maximum absolute atomic E-state index is 14.1. The van der Waals surface area contributed by atoms with Crippen LogP contribution in [0.2, 0.25) is 0 Å². The van der Waals surface area contributed by atoms with Gasteiger partial charge in [0.2, 0.25) is 5.91 Å². The van der Waals surface area contributed by atoms with Crippen molar-refractivity contribution in [1.29, 1.82) is 0 Å². The summed E-state index contributed by atoms with van der Waals surface area (Å²) in [6.45, 7) is 2.04. The van der Waals surface area contributed by atoms with Crippen LogP contribution < -0.4 is 0 Å². The second kappa shape index (κ2) is 7.23. The molecule has 2 aromatic rings. The third kappa shape index (κ3) is 3.79. The number of hydrogen-bond acceptors (Lipinski definition) is 3. The van der Waals surface area contributed by atoms with Crippen LogP contribution in [0.5, 0.6) is 0 Å². The molecule has 0 bridgehead atoms. The average Bonchev–Trinajstić information content (AvgIpc) is 3.07. The predicted octanol–water partition coefficient (Wildman–Crippen LogP) is 3.34. The summed E-state index contributed by atoms with van der Waals surface area (Å²) in [5.74, 6) is -0.0370. The molecule has 0 saturated carbocycles. The topological polar surface area (TPSA) is 23.6 Å². The molecule has 0 aliphatic carbocycles. The number of rotatable bonds is 4. The average molecular weight is 332 g/mol. The van der Waals surface area contributed by atoms with E-state index in [9.17, 15) is 9.18 Å². The van der Waals surface area contributed by atoms with Gasteiger partial charge < -0.3 is 4.90 Å². The van der Waals surface area contributed by atoms with Crippen LogP contribution in [0.1, 0.15) is 22.9 Å². The minimum absolute atomic E-state index is 0.0735. The van der Waals surface area contributed by atoms with E-state index in [0.717, 1.165) is 13.0 Å². The molecule has 23 heavy (non-hydrogen) atoms. The maximum Gasteiger partial charge on any atom is 0.223 e. The SMILES string of the molecule is CN1CCN(C(=O)CCc2cccs2)CC1c1ccccc1F. The highest BCUT2D eigenvalue weighted by molar-refractivity contribution is 7.09. The van der Waals surface area contributed by atoms with Gasteiger partial charge in [-0.25, -0.2) is 4.39 Å². The first-order valence-electron chi connectivity index (χ1n) is 7.90. The Hall–Kier alpha value is -1.72. The Morgan fingerprint density at radius 1 is 1.26 bits per heavy atom. The molecule has 1 fully saturated rings. The first-order chi connectivity index (χ1) is 11.1. The normalized spacial score (nSPS) is 19.0. The van der Waals surface area contributed by atoms with Gasteiger partial charge in [0.1, 0.15) is 5.82 Å². The number of amides is 1. The van der Waals surface area contributed by atoms with Gasteiger partial charge in [0.05, 0.1) is 6.04 Å². The summed E-state index contributed by atoms with van der Waals surface area (Å²) < 4.78 is 14.1. The molecule has 1 amide bonds. The van der Waals surface area contributed by atoms with Crippen LogP contribution in [0, 0.1) is 5.82 Å². The van der Waals surface area contributed by atoms with Crippen molar-refractivity contribution in [3.8, 4) is 0 Å². The van der Waals surface area contributed by atoms with Gasteiger partial charge in [-0.05, 0) is 31.0 Å². The standard InChI is InChI=1S/C18H21FN2OS/c1-20-10-11-21(18(22)9-8-14-5-4-12-23-14)13-17(20)15-6-2-3-7-16(15)19/h2-7,12,17H,8-11,13H2,1H3. The highest BCUT2D eigenvalue weighted by Gasteiger charge is 2.29. The molecule has 1 aliphatic rings. The molecule has 1 unspecified atom stereocenters. The number of thiophene rings is 1. The molecule has 5 heteroatoms. The van der Waals surface area contributed by atoms with Crippen molar-refractivity contribution >= 4 is 17.2 Å². The summed E-state index contributed by atoms with van der Waals surface area (Å²) in [5.41, 5.74) is 0.672. The number of halogens is 1. The number of carbonyl (C=O) groups is 1. The number of nitrogens with zero attached hydrogens (tertiary/aromatic N) is 2. The minimum Gasteiger partial charge on any atom is -0.339 e. The van der Waals surface area contributed by atoms with E-state index >= 15 is 0 Å². The smallest absolute Gasteiger partial charge is 0.223 e. The van der Waals surface area contributed by atoms with Crippen molar-refractivity contribution in [2.45, 2.75) is 18.9 Å². The molecule has 0 spiro atoms. The molecule has 1 aliphatic heterocycles. The quantitative estimate of drug-likeness (QED) is 0.857. The fraction of sp³-hybridized carbons (Fsp3) is 0.389. The Bertz CT molecular complexity index is 659. The monoisotopic (exact) mass is 332 g/mol. The predicted molar refractivity (Wildman–Crippen MR) is 91.0 cm³/mol. The molecule has 1 aromatic heterocycles. The Morgan fingerprint density at radius 2 is 2.09 bits per heavy atom. The zero-order chi connectivity index (χ0) is 16.2. The van der Waals surface area contributed by atoms with E-state index in [2.05, 4.69) is 11.0 Å². The molecule has 0 radical (unpaired) electrons. The van der Waals surface area contributed by atoms with Crippen LogP contribution in [0.25, 0.3) is 0 Å². The van der Waals surface area contributed by atoms with Gasteiger partial charge in [0.25, 0.3) is 0 Å². The molecule has 1 saturated heterocycles. The van der Waals surface area contributed by atoms with Crippen molar-refractivity contribution in [3.05, 3.63) is 58.0 Å². The van der Waals surface area contributed by atoms with Gasteiger partial charge in [-0.1, -0.05) is 24.3 Å². The Kier molecular flexibility index (Phi) is 5.08. The molecule has 3 rings (SSSR count). The zero-order valence-electron chi connectivity index (χ0n) is 13.2. The third-order valence-corrected chi connectivity index (χ3v) is 5.37. The van der Waals surface area contributed by atoms with Crippen LogP contribution in [0.3, 0.4) is 0 Å². The number of hydrogen-bond donors (Lipinski definition) is 0. The molecular formula is C18H21FN2OS. The van der Waals surface area contributed by atoms with Crippen molar-refractivity contribution < 1.29 is 9.18 Å². The largest absolute Gasteiger partial charge is 0.339 e. The second-order valence-corrected chi connectivity index (χ2v) is 6.97. The Balaban J connectivity index is 1.65. The summed E-state index contributed by atoms with van der Waals surface area (Å²) in [5, 5.41) is 2.03. The molecule has 1 aromatic carbocycles. The van der Waals surface area contributed by atoms with Crippen LogP contribution in [-0.2, 0) is 11.2 Å². The number of benzene rings is 1. The fourth-order valence-corrected chi connectivity index (χ4v) is 3.73. The van der Waals surface area contributed by atoms with Crippen molar-refractivity contribution in [2.24, 2.45) is 0 Å². The minimum atomic E-state index is -0.197. The first kappa shape index (κ1) is 16.1. The lowest BCUT2D eigenvalue weighted by atomic mass is 10.0. The summed E-state index contributed by atoms with van der Waals surface area (Å²) in [4.78, 5) is 17.7. The number of carbonyl (C=O) groups excluding carboxylic acids is 1. The highest BCUT2D eigenvalue weighted by atomic mass is 32.1. The summed E-state index contributed by atoms with van der Waals surface area (Å²) in [6.07, 6.45) is 1.31. The van der Waals surface area contributed by atoms with Crippen LogP contribution in [0.4, 0.5) is 4.39 Å². The number of likely N-dealkylation sites (N-methyl/N-ethyl adjacent to an activating group) is 1. The molecule has 0 N–H and O–H groups in total. The first-order valence-corrected chi connectivity index (χ1v) is 8.78. The fourth-order valence-electron chi connectivity index (χ4n) is 3.02. The number of piperazine rings is 1. The van der Waals surface area contributed by atoms with Gasteiger partial charge in [0, 0.05) is 36.5 Å². The van der Waals surface area contributed by atoms with Crippen LogP contribution in [-0.4, -0.2) is 42.4 Å². The van der Waals surface area contributed by atoms with Crippen molar-refractivity contribution in [3.63, 3.8) is 0 Å².